The zero-order chi connectivity index (χ0) is 13.0. The molecule has 0 radical (unpaired) electrons. The van der Waals surface area contributed by atoms with E-state index in [2.05, 4.69) is 0 Å². The Bertz CT molecular complexity index is 391. The van der Waals surface area contributed by atoms with Gasteiger partial charge in [-0.25, -0.2) is 8.78 Å². The Hall–Kier alpha value is -1.00. The van der Waals surface area contributed by atoms with E-state index >= 15 is 0 Å². The lowest BCUT2D eigenvalue weighted by Gasteiger charge is -2.24. The predicted molar refractivity (Wildman–Crippen MR) is 66.2 cm³/mol. The fourth-order valence-corrected chi connectivity index (χ4v) is 2.46. The van der Waals surface area contributed by atoms with Gasteiger partial charge in [-0.15, -0.1) is 0 Å². The molecule has 0 aromatic heterocycles. The van der Waals surface area contributed by atoms with Crippen molar-refractivity contribution in [3.05, 3.63) is 35.4 Å². The third-order valence-corrected chi connectivity index (χ3v) is 3.47. The highest BCUT2D eigenvalue weighted by Gasteiger charge is 2.18. The molecule has 1 saturated heterocycles. The lowest BCUT2D eigenvalue weighted by atomic mass is 9.90. The van der Waals surface area contributed by atoms with Gasteiger partial charge in [0.1, 0.15) is 11.6 Å². The molecule has 1 aromatic carbocycles. The quantitative estimate of drug-likeness (QED) is 0.897. The highest BCUT2D eigenvalue weighted by Crippen LogP contribution is 2.21. The molecular formula is C14H19F2NO. The van der Waals surface area contributed by atoms with Crippen molar-refractivity contribution in [2.75, 3.05) is 13.2 Å². The Balaban J connectivity index is 1.87. The van der Waals surface area contributed by atoms with Gasteiger partial charge in [0.25, 0.3) is 0 Å². The van der Waals surface area contributed by atoms with Crippen LogP contribution in [0, 0.1) is 17.6 Å². The van der Waals surface area contributed by atoms with Crippen LogP contribution in [0.3, 0.4) is 0 Å². The molecule has 100 valence electrons. The van der Waals surface area contributed by atoms with Gasteiger partial charge in [-0.05, 0) is 43.2 Å². The molecule has 2 N–H and O–H groups in total. The minimum atomic E-state index is -0.547. The third-order valence-electron chi connectivity index (χ3n) is 3.47. The second kappa shape index (κ2) is 6.25. The molecule has 1 aliphatic rings. The Labute approximate surface area is 106 Å². The highest BCUT2D eigenvalue weighted by atomic mass is 19.1. The van der Waals surface area contributed by atoms with E-state index in [9.17, 15) is 8.78 Å². The van der Waals surface area contributed by atoms with Crippen LogP contribution in [0.1, 0.15) is 24.8 Å². The Morgan fingerprint density at radius 2 is 2.00 bits per heavy atom. The van der Waals surface area contributed by atoms with E-state index in [0.717, 1.165) is 38.5 Å². The van der Waals surface area contributed by atoms with Gasteiger partial charge in [-0.1, -0.05) is 6.07 Å². The fourth-order valence-electron chi connectivity index (χ4n) is 2.46. The van der Waals surface area contributed by atoms with E-state index in [1.54, 1.807) is 0 Å². The number of benzene rings is 1. The SMILES string of the molecule is NC(Cc1ccc(F)cc1F)CC1CCOCC1. The van der Waals surface area contributed by atoms with Gasteiger partial charge in [0, 0.05) is 25.3 Å². The summed E-state index contributed by atoms with van der Waals surface area (Å²) in [6, 6.07) is 3.60. The number of ether oxygens (including phenoxy) is 1. The first kappa shape index (κ1) is 13.4. The molecule has 0 amide bonds. The normalized spacial score (nSPS) is 18.8. The first-order valence-electron chi connectivity index (χ1n) is 6.42. The maximum atomic E-state index is 13.5. The van der Waals surface area contributed by atoms with Crippen molar-refractivity contribution in [1.29, 1.82) is 0 Å². The molecule has 1 atom stereocenters. The van der Waals surface area contributed by atoms with Crippen LogP contribution >= 0.6 is 0 Å². The third kappa shape index (κ3) is 3.75. The summed E-state index contributed by atoms with van der Waals surface area (Å²) in [6.45, 7) is 1.59. The van der Waals surface area contributed by atoms with Gasteiger partial charge in [0.2, 0.25) is 0 Å². The Kier molecular flexibility index (Phi) is 4.66. The van der Waals surface area contributed by atoms with Gasteiger partial charge in [-0.3, -0.25) is 0 Å². The van der Waals surface area contributed by atoms with E-state index < -0.39 is 11.6 Å². The maximum absolute atomic E-state index is 13.5. The summed E-state index contributed by atoms with van der Waals surface area (Å²) in [6.07, 6.45) is 3.39. The summed E-state index contributed by atoms with van der Waals surface area (Å²) in [7, 11) is 0. The lowest BCUT2D eigenvalue weighted by Crippen LogP contribution is -2.29. The molecule has 1 fully saturated rings. The van der Waals surface area contributed by atoms with Crippen LogP contribution in [0.5, 0.6) is 0 Å². The summed E-state index contributed by atoms with van der Waals surface area (Å²) >= 11 is 0. The molecule has 1 aromatic rings. The van der Waals surface area contributed by atoms with Crippen molar-refractivity contribution in [2.24, 2.45) is 11.7 Å². The Morgan fingerprint density at radius 3 is 2.67 bits per heavy atom. The first-order valence-corrected chi connectivity index (χ1v) is 6.42. The molecule has 18 heavy (non-hydrogen) atoms. The van der Waals surface area contributed by atoms with Crippen molar-refractivity contribution in [2.45, 2.75) is 31.7 Å². The average molecular weight is 255 g/mol. The second-order valence-electron chi connectivity index (χ2n) is 4.99. The maximum Gasteiger partial charge on any atom is 0.129 e. The number of hydrogen-bond acceptors (Lipinski definition) is 2. The van der Waals surface area contributed by atoms with Crippen LogP contribution in [0.25, 0.3) is 0 Å². The van der Waals surface area contributed by atoms with E-state index in [1.807, 2.05) is 0 Å². The standard InChI is InChI=1S/C14H19F2NO/c15-12-2-1-11(14(16)9-12)8-13(17)7-10-3-5-18-6-4-10/h1-2,9-10,13H,3-8,17H2. The van der Waals surface area contributed by atoms with Gasteiger partial charge >= 0.3 is 0 Å². The zero-order valence-electron chi connectivity index (χ0n) is 10.4. The van der Waals surface area contributed by atoms with Crippen molar-refractivity contribution < 1.29 is 13.5 Å². The Morgan fingerprint density at radius 1 is 1.28 bits per heavy atom. The molecule has 0 bridgehead atoms. The highest BCUT2D eigenvalue weighted by molar-refractivity contribution is 5.19. The van der Waals surface area contributed by atoms with Crippen LogP contribution in [0.2, 0.25) is 0 Å². The summed E-state index contributed by atoms with van der Waals surface area (Å²) in [4.78, 5) is 0. The smallest absolute Gasteiger partial charge is 0.129 e. The monoisotopic (exact) mass is 255 g/mol. The minimum absolute atomic E-state index is 0.0759. The van der Waals surface area contributed by atoms with Crippen LogP contribution in [-0.4, -0.2) is 19.3 Å². The lowest BCUT2D eigenvalue weighted by molar-refractivity contribution is 0.0618. The van der Waals surface area contributed by atoms with Gasteiger partial charge in [0.05, 0.1) is 0 Å². The van der Waals surface area contributed by atoms with Crippen LogP contribution < -0.4 is 5.73 Å². The number of hydrogen-bond donors (Lipinski definition) is 1. The largest absolute Gasteiger partial charge is 0.381 e. The summed E-state index contributed by atoms with van der Waals surface area (Å²) in [5, 5.41) is 0. The summed E-state index contributed by atoms with van der Waals surface area (Å²) < 4.78 is 31.5. The van der Waals surface area contributed by atoms with Gasteiger partial charge < -0.3 is 10.5 Å². The molecule has 0 aliphatic carbocycles. The van der Waals surface area contributed by atoms with Crippen molar-refractivity contribution in [3.8, 4) is 0 Å². The van der Waals surface area contributed by atoms with Gasteiger partial charge in [0.15, 0.2) is 0 Å². The first-order chi connectivity index (χ1) is 8.65. The van der Waals surface area contributed by atoms with Crippen LogP contribution in [0.4, 0.5) is 8.78 Å². The van der Waals surface area contributed by atoms with E-state index in [-0.39, 0.29) is 6.04 Å². The molecule has 1 unspecified atom stereocenters. The second-order valence-corrected chi connectivity index (χ2v) is 4.99. The van der Waals surface area contributed by atoms with Crippen LogP contribution in [-0.2, 0) is 11.2 Å². The van der Waals surface area contributed by atoms with Crippen molar-refractivity contribution in [1.82, 2.24) is 0 Å². The number of nitrogens with two attached hydrogens (primary N) is 1. The summed E-state index contributed by atoms with van der Waals surface area (Å²) in [5.41, 5.74) is 6.54. The van der Waals surface area contributed by atoms with Crippen molar-refractivity contribution >= 4 is 0 Å². The zero-order valence-corrected chi connectivity index (χ0v) is 10.4. The van der Waals surface area contributed by atoms with Gasteiger partial charge in [-0.2, -0.15) is 0 Å². The number of halogens is 2. The van der Waals surface area contributed by atoms with E-state index in [4.69, 9.17) is 10.5 Å². The molecule has 4 heteroatoms. The average Bonchev–Trinajstić information content (AvgIpc) is 2.34. The summed E-state index contributed by atoms with van der Waals surface area (Å²) in [5.74, 6) is -0.482. The fraction of sp³-hybridized carbons (Fsp3) is 0.571. The molecule has 1 aliphatic heterocycles. The molecule has 2 rings (SSSR count). The molecule has 0 spiro atoms. The van der Waals surface area contributed by atoms with Crippen molar-refractivity contribution in [3.63, 3.8) is 0 Å². The number of rotatable bonds is 4. The van der Waals surface area contributed by atoms with E-state index in [1.165, 1.54) is 12.1 Å². The minimum Gasteiger partial charge on any atom is -0.381 e. The van der Waals surface area contributed by atoms with E-state index in [0.29, 0.717) is 17.9 Å². The molecular weight excluding hydrogens is 236 g/mol. The molecule has 2 nitrogen and oxygen atoms in total. The molecule has 0 saturated carbocycles. The molecule has 1 heterocycles. The van der Waals surface area contributed by atoms with Crippen LogP contribution in [0.15, 0.2) is 18.2 Å². The topological polar surface area (TPSA) is 35.2 Å². The predicted octanol–water partition coefficient (Wildman–Crippen LogP) is 2.65.